The van der Waals surface area contributed by atoms with Gasteiger partial charge in [-0.25, -0.2) is 13.1 Å². The Bertz CT molecular complexity index is 924. The molecule has 0 saturated carbocycles. The highest BCUT2D eigenvalue weighted by Crippen LogP contribution is 2.34. The Morgan fingerprint density at radius 1 is 1.17 bits per heavy atom. The van der Waals surface area contributed by atoms with Gasteiger partial charge in [-0.15, -0.1) is 0 Å². The van der Waals surface area contributed by atoms with Crippen LogP contribution in [0.1, 0.15) is 23.6 Å². The zero-order chi connectivity index (χ0) is 16.7. The van der Waals surface area contributed by atoms with E-state index < -0.39 is 10.0 Å². The van der Waals surface area contributed by atoms with Gasteiger partial charge in [-0.05, 0) is 42.2 Å². The number of benzene rings is 2. The molecule has 4 rings (SSSR count). The second-order valence-corrected chi connectivity index (χ2v) is 7.62. The molecular weight excluding hydrogens is 328 g/mol. The van der Waals surface area contributed by atoms with E-state index in [9.17, 15) is 13.2 Å². The molecular formula is C17H16N2O4S. The van der Waals surface area contributed by atoms with Gasteiger partial charge in [0.1, 0.15) is 5.75 Å². The van der Waals surface area contributed by atoms with Crippen LogP contribution in [0.5, 0.6) is 5.75 Å². The lowest BCUT2D eigenvalue weighted by Crippen LogP contribution is -2.28. The highest BCUT2D eigenvalue weighted by molar-refractivity contribution is 7.89. The molecule has 0 spiro atoms. The number of aryl methyl sites for hydroxylation is 1. The molecule has 2 aromatic rings. The van der Waals surface area contributed by atoms with Crippen molar-refractivity contribution in [2.24, 2.45) is 0 Å². The van der Waals surface area contributed by atoms with Crippen LogP contribution in [0.2, 0.25) is 0 Å². The number of rotatable bonds is 3. The molecule has 0 saturated heterocycles. The van der Waals surface area contributed by atoms with Gasteiger partial charge in [0.25, 0.3) is 5.91 Å². The van der Waals surface area contributed by atoms with Crippen LogP contribution in [-0.2, 0) is 21.2 Å². The predicted molar refractivity (Wildman–Crippen MR) is 88.4 cm³/mol. The molecule has 2 aliphatic rings. The summed E-state index contributed by atoms with van der Waals surface area (Å²) in [5.74, 6) is 0.175. The maximum Gasteiger partial charge on any atom is 0.262 e. The van der Waals surface area contributed by atoms with Gasteiger partial charge in [0.2, 0.25) is 10.0 Å². The molecule has 1 aliphatic heterocycles. The standard InChI is InChI=1S/C17H16N2O4S/c20-17-10-23-16-8-6-12(9-15(16)18-17)24(21,22)19-14-7-5-11-3-1-2-4-13(11)14/h1-4,6,8-9,14,19H,5,7,10H2,(H,18,20). The van der Waals surface area contributed by atoms with E-state index in [0.29, 0.717) is 11.4 Å². The molecule has 1 atom stereocenters. The monoisotopic (exact) mass is 344 g/mol. The number of sulfonamides is 1. The summed E-state index contributed by atoms with van der Waals surface area (Å²) in [4.78, 5) is 11.5. The Morgan fingerprint density at radius 3 is 2.88 bits per heavy atom. The molecule has 1 amide bonds. The Kier molecular flexibility index (Phi) is 3.54. The second kappa shape index (κ2) is 5.61. The quantitative estimate of drug-likeness (QED) is 0.892. The van der Waals surface area contributed by atoms with Crippen molar-refractivity contribution in [2.75, 3.05) is 11.9 Å². The van der Waals surface area contributed by atoms with Crippen molar-refractivity contribution < 1.29 is 17.9 Å². The van der Waals surface area contributed by atoms with E-state index >= 15 is 0 Å². The minimum absolute atomic E-state index is 0.0593. The summed E-state index contributed by atoms with van der Waals surface area (Å²) in [5, 5.41) is 2.63. The highest BCUT2D eigenvalue weighted by Gasteiger charge is 2.28. The van der Waals surface area contributed by atoms with Crippen molar-refractivity contribution in [3.05, 3.63) is 53.6 Å². The number of fused-ring (bicyclic) bond motifs is 2. The van der Waals surface area contributed by atoms with Gasteiger partial charge in [-0.2, -0.15) is 0 Å². The van der Waals surface area contributed by atoms with E-state index in [1.165, 1.54) is 17.7 Å². The average molecular weight is 344 g/mol. The first-order chi connectivity index (χ1) is 11.5. The van der Waals surface area contributed by atoms with Crippen LogP contribution < -0.4 is 14.8 Å². The molecule has 124 valence electrons. The third-order valence-corrected chi connectivity index (χ3v) is 5.79. The van der Waals surface area contributed by atoms with Crippen LogP contribution in [0.25, 0.3) is 0 Å². The van der Waals surface area contributed by atoms with Crippen LogP contribution in [0, 0.1) is 0 Å². The zero-order valence-corrected chi connectivity index (χ0v) is 13.6. The van der Waals surface area contributed by atoms with Gasteiger partial charge < -0.3 is 10.1 Å². The number of hydrogen-bond acceptors (Lipinski definition) is 4. The van der Waals surface area contributed by atoms with E-state index in [-0.39, 0.29) is 23.5 Å². The van der Waals surface area contributed by atoms with Crippen LogP contribution in [0.15, 0.2) is 47.4 Å². The summed E-state index contributed by atoms with van der Waals surface area (Å²) < 4.78 is 33.4. The molecule has 7 heteroatoms. The Hall–Kier alpha value is -2.38. The van der Waals surface area contributed by atoms with Gasteiger partial charge in [-0.3, -0.25) is 4.79 Å². The SMILES string of the molecule is O=C1COc2ccc(S(=O)(=O)NC3CCc4ccccc43)cc2N1. The molecule has 24 heavy (non-hydrogen) atoms. The van der Waals surface area contributed by atoms with Gasteiger partial charge in [-0.1, -0.05) is 24.3 Å². The van der Waals surface area contributed by atoms with Crippen LogP contribution in [-0.4, -0.2) is 20.9 Å². The van der Waals surface area contributed by atoms with Crippen LogP contribution in [0.4, 0.5) is 5.69 Å². The molecule has 6 nitrogen and oxygen atoms in total. The van der Waals surface area contributed by atoms with Crippen molar-refractivity contribution in [1.29, 1.82) is 0 Å². The predicted octanol–water partition coefficient (Wildman–Crippen LogP) is 1.98. The van der Waals surface area contributed by atoms with Crippen LogP contribution >= 0.6 is 0 Å². The first-order valence-electron chi connectivity index (χ1n) is 7.70. The number of hydrogen-bond donors (Lipinski definition) is 2. The smallest absolute Gasteiger partial charge is 0.262 e. The molecule has 1 aliphatic carbocycles. The number of anilines is 1. The van der Waals surface area contributed by atoms with Crippen molar-refractivity contribution in [1.82, 2.24) is 4.72 Å². The average Bonchev–Trinajstić information content (AvgIpc) is 2.97. The number of amides is 1. The van der Waals surface area contributed by atoms with E-state index in [4.69, 9.17) is 4.74 Å². The summed E-state index contributed by atoms with van der Waals surface area (Å²) in [6.07, 6.45) is 1.60. The Morgan fingerprint density at radius 2 is 2.00 bits per heavy atom. The summed E-state index contributed by atoms with van der Waals surface area (Å²) in [7, 11) is -3.69. The number of carbonyl (C=O) groups excluding carboxylic acids is 1. The van der Waals surface area contributed by atoms with Gasteiger partial charge in [0.05, 0.1) is 10.6 Å². The fourth-order valence-electron chi connectivity index (χ4n) is 3.16. The van der Waals surface area contributed by atoms with Gasteiger partial charge in [0, 0.05) is 6.04 Å². The number of ether oxygens (including phenoxy) is 1. The topological polar surface area (TPSA) is 84.5 Å². The number of carbonyl (C=O) groups is 1. The lowest BCUT2D eigenvalue weighted by Gasteiger charge is -2.19. The van der Waals surface area contributed by atoms with E-state index in [2.05, 4.69) is 10.0 Å². The fourth-order valence-corrected chi connectivity index (χ4v) is 4.44. The molecule has 0 bridgehead atoms. The fraction of sp³-hybridized carbons (Fsp3) is 0.235. The normalized spacial score (nSPS) is 19.2. The third kappa shape index (κ3) is 2.65. The molecule has 1 unspecified atom stereocenters. The molecule has 2 N–H and O–H groups in total. The Labute approximate surface area is 139 Å². The highest BCUT2D eigenvalue weighted by atomic mass is 32.2. The second-order valence-electron chi connectivity index (χ2n) is 5.91. The van der Waals surface area contributed by atoms with Crippen LogP contribution in [0.3, 0.4) is 0 Å². The minimum Gasteiger partial charge on any atom is -0.482 e. The first kappa shape index (κ1) is 15.2. The first-order valence-corrected chi connectivity index (χ1v) is 9.18. The molecule has 0 aromatic heterocycles. The zero-order valence-electron chi connectivity index (χ0n) is 12.8. The van der Waals surface area contributed by atoms with Crippen molar-refractivity contribution >= 4 is 21.6 Å². The molecule has 0 fully saturated rings. The minimum atomic E-state index is -3.69. The van der Waals surface area contributed by atoms with E-state index in [0.717, 1.165) is 18.4 Å². The van der Waals surface area contributed by atoms with Gasteiger partial charge >= 0.3 is 0 Å². The maximum atomic E-state index is 12.7. The Balaban J connectivity index is 1.62. The van der Waals surface area contributed by atoms with E-state index in [1.54, 1.807) is 6.07 Å². The van der Waals surface area contributed by atoms with E-state index in [1.807, 2.05) is 24.3 Å². The lowest BCUT2D eigenvalue weighted by molar-refractivity contribution is -0.118. The van der Waals surface area contributed by atoms with Crippen molar-refractivity contribution in [2.45, 2.75) is 23.8 Å². The maximum absolute atomic E-state index is 12.7. The lowest BCUT2D eigenvalue weighted by atomic mass is 10.1. The number of nitrogens with one attached hydrogen (secondary N) is 2. The third-order valence-electron chi connectivity index (χ3n) is 4.32. The largest absolute Gasteiger partial charge is 0.482 e. The van der Waals surface area contributed by atoms with Crippen molar-refractivity contribution in [3.8, 4) is 5.75 Å². The molecule has 2 aromatic carbocycles. The summed E-state index contributed by atoms with van der Waals surface area (Å²) in [6, 6.07) is 12.1. The van der Waals surface area contributed by atoms with Gasteiger partial charge in [0.15, 0.2) is 6.61 Å². The van der Waals surface area contributed by atoms with Crippen molar-refractivity contribution in [3.63, 3.8) is 0 Å². The molecule has 0 radical (unpaired) electrons. The summed E-state index contributed by atoms with van der Waals surface area (Å²) >= 11 is 0. The summed E-state index contributed by atoms with van der Waals surface area (Å²) in [5.41, 5.74) is 2.58. The molecule has 1 heterocycles. The summed E-state index contributed by atoms with van der Waals surface area (Å²) in [6.45, 7) is -0.0593.